The summed E-state index contributed by atoms with van der Waals surface area (Å²) in [5.41, 5.74) is -0.893. The first kappa shape index (κ1) is 14.3. The Balaban J connectivity index is 2.37. The van der Waals surface area contributed by atoms with Gasteiger partial charge in [-0.2, -0.15) is 13.2 Å². The summed E-state index contributed by atoms with van der Waals surface area (Å²) in [5, 5.41) is 0. The van der Waals surface area contributed by atoms with Crippen LogP contribution in [0.1, 0.15) is 32.1 Å². The van der Waals surface area contributed by atoms with Crippen LogP contribution in [0.3, 0.4) is 0 Å². The second kappa shape index (κ2) is 4.69. The highest BCUT2D eigenvalue weighted by molar-refractivity contribution is 6.00. The SMILES string of the molecule is CN1Cc2c(C=O)ncn2-c2cccc(C(F)(F)F)c2C1=O. The maximum absolute atomic E-state index is 13.2. The molecule has 2 heterocycles. The number of rotatable bonds is 1. The Kier molecular flexibility index (Phi) is 3.05. The fourth-order valence-corrected chi connectivity index (χ4v) is 2.54. The lowest BCUT2D eigenvalue weighted by atomic mass is 10.0. The zero-order valence-corrected chi connectivity index (χ0v) is 11.4. The first-order valence-corrected chi connectivity index (χ1v) is 6.32. The van der Waals surface area contributed by atoms with E-state index >= 15 is 0 Å². The third-order valence-electron chi connectivity index (χ3n) is 3.57. The summed E-state index contributed by atoms with van der Waals surface area (Å²) in [6.07, 6.45) is -2.88. The van der Waals surface area contributed by atoms with Crippen molar-refractivity contribution in [2.45, 2.75) is 12.7 Å². The van der Waals surface area contributed by atoms with Crippen LogP contribution in [0.25, 0.3) is 5.69 Å². The van der Waals surface area contributed by atoms with Crippen molar-refractivity contribution in [3.8, 4) is 5.69 Å². The van der Waals surface area contributed by atoms with Crippen LogP contribution < -0.4 is 0 Å². The maximum atomic E-state index is 13.2. The molecule has 8 heteroatoms. The number of amides is 1. The van der Waals surface area contributed by atoms with Crippen molar-refractivity contribution in [2.75, 3.05) is 7.05 Å². The van der Waals surface area contributed by atoms with E-state index in [1.54, 1.807) is 0 Å². The molecule has 0 aliphatic carbocycles. The van der Waals surface area contributed by atoms with Crippen LogP contribution in [0, 0.1) is 0 Å². The molecule has 1 aromatic carbocycles. The molecule has 1 amide bonds. The Morgan fingerprint density at radius 2 is 2.05 bits per heavy atom. The molecule has 22 heavy (non-hydrogen) atoms. The van der Waals surface area contributed by atoms with Gasteiger partial charge in [0.25, 0.3) is 5.91 Å². The Morgan fingerprint density at radius 1 is 1.32 bits per heavy atom. The molecule has 1 aliphatic heterocycles. The molecule has 1 aliphatic rings. The van der Waals surface area contributed by atoms with Gasteiger partial charge in [-0.05, 0) is 12.1 Å². The van der Waals surface area contributed by atoms with Gasteiger partial charge in [0, 0.05) is 7.05 Å². The lowest BCUT2D eigenvalue weighted by Crippen LogP contribution is -2.27. The Labute approximate surface area is 123 Å². The first-order valence-electron chi connectivity index (χ1n) is 6.32. The summed E-state index contributed by atoms with van der Waals surface area (Å²) < 4.78 is 41.0. The average Bonchev–Trinajstić information content (AvgIpc) is 2.82. The van der Waals surface area contributed by atoms with E-state index in [0.717, 1.165) is 11.0 Å². The Hall–Kier alpha value is -2.64. The number of fused-ring (bicyclic) bond motifs is 3. The summed E-state index contributed by atoms with van der Waals surface area (Å²) >= 11 is 0. The van der Waals surface area contributed by atoms with E-state index in [1.807, 2.05) is 0 Å². The second-order valence-corrected chi connectivity index (χ2v) is 4.92. The quantitative estimate of drug-likeness (QED) is 0.760. The second-order valence-electron chi connectivity index (χ2n) is 4.92. The molecule has 2 aromatic rings. The van der Waals surface area contributed by atoms with Crippen LogP contribution in [-0.4, -0.2) is 33.7 Å². The molecule has 0 fully saturated rings. The molecule has 0 N–H and O–H groups in total. The van der Waals surface area contributed by atoms with E-state index in [0.29, 0.717) is 12.0 Å². The van der Waals surface area contributed by atoms with Crippen LogP contribution in [0.4, 0.5) is 13.2 Å². The van der Waals surface area contributed by atoms with Crippen LogP contribution in [0.2, 0.25) is 0 Å². The molecule has 0 saturated carbocycles. The number of alkyl halides is 3. The van der Waals surface area contributed by atoms with E-state index in [2.05, 4.69) is 4.98 Å². The highest BCUT2D eigenvalue weighted by atomic mass is 19.4. The zero-order chi connectivity index (χ0) is 16.1. The van der Waals surface area contributed by atoms with Gasteiger partial charge in [0.2, 0.25) is 0 Å². The van der Waals surface area contributed by atoms with Crippen molar-refractivity contribution < 1.29 is 22.8 Å². The number of nitrogens with zero attached hydrogens (tertiary/aromatic N) is 3. The number of hydrogen-bond donors (Lipinski definition) is 0. The molecule has 0 radical (unpaired) electrons. The van der Waals surface area contributed by atoms with Gasteiger partial charge in [-0.15, -0.1) is 0 Å². The molecule has 1 aromatic heterocycles. The molecular formula is C14H10F3N3O2. The average molecular weight is 309 g/mol. The summed E-state index contributed by atoms with van der Waals surface area (Å²) in [6, 6.07) is 3.50. The fourth-order valence-electron chi connectivity index (χ4n) is 2.54. The van der Waals surface area contributed by atoms with Crippen molar-refractivity contribution in [1.29, 1.82) is 0 Å². The number of carbonyl (C=O) groups excluding carboxylic acids is 2. The predicted octanol–water partition coefficient (Wildman–Crippen LogP) is 2.29. The summed E-state index contributed by atoms with van der Waals surface area (Å²) in [5.74, 6) is -0.747. The summed E-state index contributed by atoms with van der Waals surface area (Å²) in [4.78, 5) is 28.4. The molecule has 0 spiro atoms. The predicted molar refractivity (Wildman–Crippen MR) is 69.8 cm³/mol. The zero-order valence-electron chi connectivity index (χ0n) is 11.4. The smallest absolute Gasteiger partial charge is 0.336 e. The van der Waals surface area contributed by atoms with Gasteiger partial charge in [-0.25, -0.2) is 4.98 Å². The van der Waals surface area contributed by atoms with Gasteiger partial charge < -0.3 is 4.90 Å². The minimum absolute atomic E-state index is 0.00111. The third-order valence-corrected chi connectivity index (χ3v) is 3.57. The Morgan fingerprint density at radius 3 is 2.68 bits per heavy atom. The Bertz CT molecular complexity index is 780. The number of aromatic nitrogens is 2. The normalized spacial score (nSPS) is 14.4. The van der Waals surface area contributed by atoms with Gasteiger partial charge in [0.05, 0.1) is 29.1 Å². The van der Waals surface area contributed by atoms with E-state index in [4.69, 9.17) is 0 Å². The van der Waals surface area contributed by atoms with E-state index in [9.17, 15) is 22.8 Å². The number of hydrogen-bond acceptors (Lipinski definition) is 3. The summed E-state index contributed by atoms with van der Waals surface area (Å²) in [7, 11) is 1.39. The van der Waals surface area contributed by atoms with Gasteiger partial charge >= 0.3 is 6.18 Å². The van der Waals surface area contributed by atoms with E-state index in [-0.39, 0.29) is 17.9 Å². The molecule has 114 valence electrons. The molecular weight excluding hydrogens is 299 g/mol. The first-order chi connectivity index (χ1) is 10.3. The van der Waals surface area contributed by atoms with Crippen molar-refractivity contribution in [3.63, 3.8) is 0 Å². The van der Waals surface area contributed by atoms with Crippen molar-refractivity contribution in [1.82, 2.24) is 14.5 Å². The number of aldehydes is 1. The third kappa shape index (κ3) is 1.99. The van der Waals surface area contributed by atoms with Crippen molar-refractivity contribution in [3.05, 3.63) is 47.0 Å². The van der Waals surface area contributed by atoms with Crippen LogP contribution in [0.15, 0.2) is 24.5 Å². The highest BCUT2D eigenvalue weighted by Gasteiger charge is 2.39. The summed E-state index contributed by atoms with van der Waals surface area (Å²) in [6.45, 7) is -0.00111. The highest BCUT2D eigenvalue weighted by Crippen LogP contribution is 2.36. The monoisotopic (exact) mass is 309 g/mol. The topological polar surface area (TPSA) is 55.2 Å². The molecule has 0 atom stereocenters. The molecule has 0 bridgehead atoms. The fraction of sp³-hybridized carbons (Fsp3) is 0.214. The van der Waals surface area contributed by atoms with Crippen LogP contribution in [-0.2, 0) is 12.7 Å². The lowest BCUT2D eigenvalue weighted by Gasteiger charge is -2.18. The van der Waals surface area contributed by atoms with Gasteiger partial charge in [0.1, 0.15) is 12.0 Å². The van der Waals surface area contributed by atoms with E-state index in [1.165, 1.54) is 30.1 Å². The number of halogens is 3. The van der Waals surface area contributed by atoms with Gasteiger partial charge in [-0.3, -0.25) is 14.2 Å². The standard InChI is InChI=1S/C14H10F3N3O2/c1-19-5-11-9(6-21)18-7-20(11)10-4-2-3-8(14(15,16)17)12(10)13(19)22/h2-4,6-7H,5H2,1H3. The minimum Gasteiger partial charge on any atom is -0.336 e. The lowest BCUT2D eigenvalue weighted by molar-refractivity contribution is -0.138. The number of benzene rings is 1. The largest absolute Gasteiger partial charge is 0.417 e. The van der Waals surface area contributed by atoms with Crippen LogP contribution in [0.5, 0.6) is 0 Å². The maximum Gasteiger partial charge on any atom is 0.417 e. The van der Waals surface area contributed by atoms with Crippen molar-refractivity contribution >= 4 is 12.2 Å². The molecule has 3 rings (SSSR count). The van der Waals surface area contributed by atoms with Gasteiger partial charge in [0.15, 0.2) is 6.29 Å². The number of imidazole rings is 1. The van der Waals surface area contributed by atoms with E-state index < -0.39 is 23.2 Å². The molecule has 0 unspecified atom stereocenters. The molecule has 5 nitrogen and oxygen atoms in total. The number of carbonyl (C=O) groups is 2. The molecule has 0 saturated heterocycles. The van der Waals surface area contributed by atoms with Gasteiger partial charge in [-0.1, -0.05) is 6.07 Å². The van der Waals surface area contributed by atoms with Crippen LogP contribution >= 0.6 is 0 Å². The van der Waals surface area contributed by atoms with Crippen molar-refractivity contribution in [2.24, 2.45) is 0 Å². The minimum atomic E-state index is -4.65.